The molecule has 1 nitrogen and oxygen atoms in total. The predicted octanol–water partition coefficient (Wildman–Crippen LogP) is 8.82. The summed E-state index contributed by atoms with van der Waals surface area (Å²) in [4.78, 5) is 0. The Morgan fingerprint density at radius 3 is 2.42 bits per heavy atom. The first-order valence-corrected chi connectivity index (χ1v) is 14.0. The van der Waals surface area contributed by atoms with Crippen LogP contribution in [-0.4, -0.2) is 12.2 Å². The zero-order valence-electron chi connectivity index (χ0n) is 21.9. The van der Waals surface area contributed by atoms with Gasteiger partial charge in [-0.3, -0.25) is 0 Å². The Bertz CT molecular complexity index is 647. The summed E-state index contributed by atoms with van der Waals surface area (Å²) >= 11 is 0. The van der Waals surface area contributed by atoms with E-state index in [0.29, 0.717) is 23.0 Å². The Balaban J connectivity index is 1.46. The molecule has 0 aromatic carbocycles. The fraction of sp³-hybridized carbons (Fsp3) is 0.933. The molecule has 3 fully saturated rings. The zero-order valence-corrected chi connectivity index (χ0v) is 21.9. The number of ether oxygens (including phenoxy) is 1. The second kappa shape index (κ2) is 9.15. The van der Waals surface area contributed by atoms with Gasteiger partial charge in [0.1, 0.15) is 0 Å². The van der Waals surface area contributed by atoms with Gasteiger partial charge in [0.15, 0.2) is 0 Å². The molecular formula is C30H52O. The van der Waals surface area contributed by atoms with E-state index in [1.54, 1.807) is 5.57 Å². The lowest BCUT2D eigenvalue weighted by Crippen LogP contribution is -2.51. The Hall–Kier alpha value is -0.300. The van der Waals surface area contributed by atoms with Crippen LogP contribution < -0.4 is 0 Å². The average molecular weight is 429 g/mol. The van der Waals surface area contributed by atoms with Gasteiger partial charge in [0, 0.05) is 0 Å². The van der Waals surface area contributed by atoms with E-state index in [1.807, 2.05) is 0 Å². The van der Waals surface area contributed by atoms with Crippen molar-refractivity contribution in [3.05, 3.63) is 11.6 Å². The van der Waals surface area contributed by atoms with Crippen molar-refractivity contribution in [2.45, 2.75) is 131 Å². The Labute approximate surface area is 194 Å². The summed E-state index contributed by atoms with van der Waals surface area (Å²) in [6, 6.07) is 0. The molecule has 0 aliphatic heterocycles. The minimum Gasteiger partial charge on any atom is -0.375 e. The highest BCUT2D eigenvalue weighted by Crippen LogP contribution is 2.67. The highest BCUT2D eigenvalue weighted by molar-refractivity contribution is 5.25. The lowest BCUT2D eigenvalue weighted by molar-refractivity contribution is -0.0707. The van der Waals surface area contributed by atoms with Crippen molar-refractivity contribution >= 4 is 0 Å². The monoisotopic (exact) mass is 428 g/mol. The van der Waals surface area contributed by atoms with Crippen LogP contribution in [0.25, 0.3) is 0 Å². The maximum Gasteiger partial charge on any atom is 0.0616 e. The summed E-state index contributed by atoms with van der Waals surface area (Å²) in [5.74, 6) is 5.60. The fourth-order valence-corrected chi connectivity index (χ4v) is 9.15. The summed E-state index contributed by atoms with van der Waals surface area (Å²) in [7, 11) is 0. The van der Waals surface area contributed by atoms with Crippen LogP contribution in [-0.2, 0) is 4.74 Å². The quantitative estimate of drug-likeness (QED) is 0.368. The molecular weight excluding hydrogens is 376 g/mol. The van der Waals surface area contributed by atoms with E-state index in [0.717, 1.165) is 35.5 Å². The molecule has 4 aliphatic rings. The highest BCUT2D eigenvalue weighted by Gasteiger charge is 2.59. The van der Waals surface area contributed by atoms with E-state index in [4.69, 9.17) is 4.74 Å². The Morgan fingerprint density at radius 2 is 1.71 bits per heavy atom. The topological polar surface area (TPSA) is 9.23 Å². The summed E-state index contributed by atoms with van der Waals surface area (Å²) in [6.07, 6.45) is 19.0. The largest absolute Gasteiger partial charge is 0.375 e. The molecule has 4 rings (SSSR count). The van der Waals surface area contributed by atoms with Gasteiger partial charge in [0.2, 0.25) is 0 Å². The van der Waals surface area contributed by atoms with Gasteiger partial charge in [-0.25, -0.2) is 0 Å². The number of hydrogen-bond donors (Lipinski definition) is 0. The van der Waals surface area contributed by atoms with Crippen LogP contribution in [0.15, 0.2) is 11.6 Å². The Kier molecular flexibility index (Phi) is 7.04. The van der Waals surface area contributed by atoms with E-state index in [1.165, 1.54) is 70.6 Å². The number of hydrogen-bond acceptors (Lipinski definition) is 1. The highest BCUT2D eigenvalue weighted by atomic mass is 16.5. The SMILES string of the molecule is CC(C)CCC[C@@H](C)[C@H]1CCC2[C@@H]3CC=C4CC(OC(C)C)CC[C@]4(C)C3CCC21C. The first-order chi connectivity index (χ1) is 14.6. The van der Waals surface area contributed by atoms with Crippen LogP contribution in [0.3, 0.4) is 0 Å². The van der Waals surface area contributed by atoms with E-state index in [9.17, 15) is 0 Å². The van der Waals surface area contributed by atoms with Crippen molar-refractivity contribution in [3.8, 4) is 0 Å². The first kappa shape index (κ1) is 23.8. The van der Waals surface area contributed by atoms with Crippen molar-refractivity contribution in [2.75, 3.05) is 0 Å². The van der Waals surface area contributed by atoms with Gasteiger partial charge in [-0.1, -0.05) is 65.5 Å². The van der Waals surface area contributed by atoms with Gasteiger partial charge in [-0.15, -0.1) is 0 Å². The molecule has 3 saturated carbocycles. The molecule has 31 heavy (non-hydrogen) atoms. The van der Waals surface area contributed by atoms with Gasteiger partial charge < -0.3 is 4.74 Å². The third-order valence-corrected chi connectivity index (χ3v) is 10.7. The molecule has 0 amide bonds. The van der Waals surface area contributed by atoms with Crippen LogP contribution >= 0.6 is 0 Å². The maximum absolute atomic E-state index is 6.25. The van der Waals surface area contributed by atoms with Crippen LogP contribution in [0.1, 0.15) is 119 Å². The number of fused-ring (bicyclic) bond motifs is 5. The van der Waals surface area contributed by atoms with Gasteiger partial charge in [0.25, 0.3) is 0 Å². The van der Waals surface area contributed by atoms with Crippen LogP contribution in [0.5, 0.6) is 0 Å². The van der Waals surface area contributed by atoms with Crippen molar-refractivity contribution in [1.82, 2.24) is 0 Å². The van der Waals surface area contributed by atoms with Crippen molar-refractivity contribution < 1.29 is 4.74 Å². The summed E-state index contributed by atoms with van der Waals surface area (Å²) < 4.78 is 6.25. The van der Waals surface area contributed by atoms with Crippen molar-refractivity contribution in [2.24, 2.45) is 46.3 Å². The van der Waals surface area contributed by atoms with Crippen molar-refractivity contribution in [1.29, 1.82) is 0 Å². The van der Waals surface area contributed by atoms with Gasteiger partial charge in [-0.2, -0.15) is 0 Å². The molecule has 178 valence electrons. The van der Waals surface area contributed by atoms with Gasteiger partial charge in [0.05, 0.1) is 12.2 Å². The second-order valence-corrected chi connectivity index (χ2v) is 13.3. The summed E-state index contributed by atoms with van der Waals surface area (Å²) in [5, 5.41) is 0. The smallest absolute Gasteiger partial charge is 0.0616 e. The lowest BCUT2D eigenvalue weighted by Gasteiger charge is -2.58. The molecule has 0 saturated heterocycles. The third kappa shape index (κ3) is 4.43. The molecule has 0 bridgehead atoms. The van der Waals surface area contributed by atoms with Crippen molar-refractivity contribution in [3.63, 3.8) is 0 Å². The molecule has 0 N–H and O–H groups in total. The summed E-state index contributed by atoms with van der Waals surface area (Å²) in [5.41, 5.74) is 2.84. The number of rotatable bonds is 7. The molecule has 4 unspecified atom stereocenters. The van der Waals surface area contributed by atoms with Crippen LogP contribution in [0, 0.1) is 46.3 Å². The van der Waals surface area contributed by atoms with Gasteiger partial charge in [-0.05, 0) is 112 Å². The minimum absolute atomic E-state index is 0.361. The molecule has 4 aliphatic carbocycles. The zero-order chi connectivity index (χ0) is 22.4. The van der Waals surface area contributed by atoms with E-state index >= 15 is 0 Å². The predicted molar refractivity (Wildman–Crippen MR) is 133 cm³/mol. The summed E-state index contributed by atoms with van der Waals surface area (Å²) in [6.45, 7) is 17.1. The Morgan fingerprint density at radius 1 is 0.935 bits per heavy atom. The molecule has 0 spiro atoms. The molecule has 0 aromatic heterocycles. The normalized spacial score (nSPS) is 43.4. The van der Waals surface area contributed by atoms with Gasteiger partial charge >= 0.3 is 0 Å². The van der Waals surface area contributed by atoms with E-state index in [-0.39, 0.29) is 0 Å². The lowest BCUT2D eigenvalue weighted by atomic mass is 9.47. The number of allylic oxidation sites excluding steroid dienone is 1. The van der Waals surface area contributed by atoms with Crippen LogP contribution in [0.2, 0.25) is 0 Å². The standard InChI is InChI=1S/C30H52O/c1-20(2)9-8-10-22(5)26-13-14-27-25-12-11-23-19-24(31-21(3)4)15-17-29(23,6)28(25)16-18-30(26,27)7/h11,20-22,24-28H,8-10,12-19H2,1-7H3/t22-,24?,25+,26-,27?,28?,29+,30?/m1/s1. The third-order valence-electron chi connectivity index (χ3n) is 10.7. The molecule has 8 atom stereocenters. The average Bonchev–Trinajstić information content (AvgIpc) is 3.05. The van der Waals surface area contributed by atoms with E-state index in [2.05, 4.69) is 54.5 Å². The molecule has 0 radical (unpaired) electrons. The van der Waals surface area contributed by atoms with E-state index < -0.39 is 0 Å². The first-order valence-electron chi connectivity index (χ1n) is 14.0. The molecule has 0 heterocycles. The fourth-order valence-electron chi connectivity index (χ4n) is 9.15. The van der Waals surface area contributed by atoms with Crippen LogP contribution in [0.4, 0.5) is 0 Å². The minimum atomic E-state index is 0.361. The second-order valence-electron chi connectivity index (χ2n) is 13.3. The maximum atomic E-state index is 6.25. The molecule has 0 aromatic rings. The molecule has 1 heteroatoms.